The number of imidazole rings is 1. The van der Waals surface area contributed by atoms with Crippen LogP contribution in [0, 0.1) is 0 Å². The second kappa shape index (κ2) is 5.49. The van der Waals surface area contributed by atoms with Crippen molar-refractivity contribution in [3.8, 4) is 0 Å². The van der Waals surface area contributed by atoms with Gasteiger partial charge in [-0.1, -0.05) is 49.4 Å². The van der Waals surface area contributed by atoms with E-state index < -0.39 is 0 Å². The molecule has 0 bridgehead atoms. The van der Waals surface area contributed by atoms with E-state index in [9.17, 15) is 0 Å². The first-order chi connectivity index (χ1) is 9.81. The molecule has 20 heavy (non-hydrogen) atoms. The molecule has 0 saturated heterocycles. The lowest BCUT2D eigenvalue weighted by molar-refractivity contribution is 0.612. The lowest BCUT2D eigenvalue weighted by Crippen LogP contribution is -2.10. The lowest BCUT2D eigenvalue weighted by atomic mass is 10.1. The first-order valence-corrected chi connectivity index (χ1v) is 7.32. The third-order valence-corrected chi connectivity index (χ3v) is 3.81. The predicted molar refractivity (Wildman–Crippen MR) is 84.0 cm³/mol. The highest BCUT2D eigenvalue weighted by Crippen LogP contribution is 2.26. The second-order valence-corrected chi connectivity index (χ2v) is 5.22. The maximum atomic E-state index is 4.81. The van der Waals surface area contributed by atoms with Crippen LogP contribution in [-0.4, -0.2) is 9.55 Å². The first-order valence-electron chi connectivity index (χ1n) is 7.32. The molecule has 102 valence electrons. The summed E-state index contributed by atoms with van der Waals surface area (Å²) in [6, 6.07) is 19.4. The van der Waals surface area contributed by atoms with Gasteiger partial charge < -0.3 is 4.57 Å². The van der Waals surface area contributed by atoms with Gasteiger partial charge in [0.15, 0.2) is 0 Å². The molecular weight excluding hydrogens is 244 g/mol. The largest absolute Gasteiger partial charge is 0.321 e. The SMILES string of the molecule is CCCc1nc2ccccc2n1C(C)c1ccccc1. The van der Waals surface area contributed by atoms with Crippen molar-refractivity contribution < 1.29 is 0 Å². The van der Waals surface area contributed by atoms with Crippen molar-refractivity contribution in [1.29, 1.82) is 0 Å². The number of fused-ring (bicyclic) bond motifs is 1. The van der Waals surface area contributed by atoms with Gasteiger partial charge in [-0.25, -0.2) is 4.98 Å². The van der Waals surface area contributed by atoms with Crippen molar-refractivity contribution >= 4 is 11.0 Å². The summed E-state index contributed by atoms with van der Waals surface area (Å²) in [6.07, 6.45) is 2.14. The minimum atomic E-state index is 0.310. The minimum Gasteiger partial charge on any atom is -0.321 e. The number of rotatable bonds is 4. The predicted octanol–water partition coefficient (Wildman–Crippen LogP) is 4.60. The first kappa shape index (κ1) is 12.9. The molecule has 3 rings (SSSR count). The Balaban J connectivity index is 2.15. The van der Waals surface area contributed by atoms with Crippen molar-refractivity contribution in [2.45, 2.75) is 32.7 Å². The quantitative estimate of drug-likeness (QED) is 0.673. The van der Waals surface area contributed by atoms with Crippen LogP contribution in [-0.2, 0) is 6.42 Å². The van der Waals surface area contributed by atoms with Crippen LogP contribution in [0.25, 0.3) is 11.0 Å². The molecule has 2 heteroatoms. The third kappa shape index (κ3) is 2.22. The molecule has 3 aromatic rings. The van der Waals surface area contributed by atoms with E-state index in [4.69, 9.17) is 4.98 Å². The molecule has 1 aromatic heterocycles. The summed E-state index contributed by atoms with van der Waals surface area (Å²) in [7, 11) is 0. The molecule has 0 radical (unpaired) electrons. The lowest BCUT2D eigenvalue weighted by Gasteiger charge is -2.18. The molecule has 0 saturated carbocycles. The molecule has 0 amide bonds. The molecule has 0 aliphatic rings. The average Bonchev–Trinajstić information content (AvgIpc) is 2.86. The molecule has 0 aliphatic heterocycles. The Morgan fingerprint density at radius 1 is 1.00 bits per heavy atom. The summed E-state index contributed by atoms with van der Waals surface area (Å²) in [4.78, 5) is 4.81. The monoisotopic (exact) mass is 264 g/mol. The zero-order valence-electron chi connectivity index (χ0n) is 12.1. The van der Waals surface area contributed by atoms with Crippen LogP contribution in [0.2, 0.25) is 0 Å². The normalized spacial score (nSPS) is 12.7. The van der Waals surface area contributed by atoms with Crippen LogP contribution in [0.4, 0.5) is 0 Å². The highest BCUT2D eigenvalue weighted by Gasteiger charge is 2.16. The maximum absolute atomic E-state index is 4.81. The van der Waals surface area contributed by atoms with Gasteiger partial charge in [-0.05, 0) is 31.0 Å². The van der Waals surface area contributed by atoms with Crippen molar-refractivity contribution in [1.82, 2.24) is 9.55 Å². The van der Waals surface area contributed by atoms with Gasteiger partial charge in [0, 0.05) is 6.42 Å². The summed E-state index contributed by atoms with van der Waals surface area (Å²) in [5.41, 5.74) is 3.65. The van der Waals surface area contributed by atoms with Gasteiger partial charge in [0.25, 0.3) is 0 Å². The molecule has 2 nitrogen and oxygen atoms in total. The van der Waals surface area contributed by atoms with Crippen LogP contribution >= 0.6 is 0 Å². The summed E-state index contributed by atoms with van der Waals surface area (Å²) in [5.74, 6) is 1.19. The molecule has 1 unspecified atom stereocenters. The second-order valence-electron chi connectivity index (χ2n) is 5.22. The number of nitrogens with zero attached hydrogens (tertiary/aromatic N) is 2. The number of hydrogen-bond acceptors (Lipinski definition) is 1. The summed E-state index contributed by atoms with van der Waals surface area (Å²) < 4.78 is 2.38. The van der Waals surface area contributed by atoms with Gasteiger partial charge in [0.1, 0.15) is 5.82 Å². The Bertz CT molecular complexity index is 698. The van der Waals surface area contributed by atoms with Crippen molar-refractivity contribution in [2.75, 3.05) is 0 Å². The van der Waals surface area contributed by atoms with Crippen molar-refractivity contribution in [3.63, 3.8) is 0 Å². The van der Waals surface area contributed by atoms with Crippen LogP contribution < -0.4 is 0 Å². The molecule has 0 aliphatic carbocycles. The molecular formula is C18H20N2. The van der Waals surface area contributed by atoms with Crippen molar-refractivity contribution in [2.24, 2.45) is 0 Å². The molecule has 1 heterocycles. The van der Waals surface area contributed by atoms with E-state index >= 15 is 0 Å². The van der Waals surface area contributed by atoms with E-state index in [0.717, 1.165) is 18.4 Å². The highest BCUT2D eigenvalue weighted by molar-refractivity contribution is 5.76. The Morgan fingerprint density at radius 3 is 2.45 bits per heavy atom. The Morgan fingerprint density at radius 2 is 1.70 bits per heavy atom. The molecule has 0 N–H and O–H groups in total. The maximum Gasteiger partial charge on any atom is 0.110 e. The molecule has 0 fully saturated rings. The summed E-state index contributed by atoms with van der Waals surface area (Å²) >= 11 is 0. The van der Waals surface area contributed by atoms with E-state index in [-0.39, 0.29) is 0 Å². The van der Waals surface area contributed by atoms with Crippen molar-refractivity contribution in [3.05, 3.63) is 66.0 Å². The van der Waals surface area contributed by atoms with E-state index in [1.165, 1.54) is 16.9 Å². The van der Waals surface area contributed by atoms with Gasteiger partial charge in [-0.15, -0.1) is 0 Å². The number of hydrogen-bond donors (Lipinski definition) is 0. The van der Waals surface area contributed by atoms with Gasteiger partial charge in [0.05, 0.1) is 17.1 Å². The van der Waals surface area contributed by atoms with Gasteiger partial charge >= 0.3 is 0 Å². The fraction of sp³-hybridized carbons (Fsp3) is 0.278. The number of para-hydroxylation sites is 2. The zero-order chi connectivity index (χ0) is 13.9. The number of aromatic nitrogens is 2. The van der Waals surface area contributed by atoms with Crippen LogP contribution in [0.15, 0.2) is 54.6 Å². The Labute approximate surface area is 120 Å². The fourth-order valence-electron chi connectivity index (χ4n) is 2.81. The Kier molecular flexibility index (Phi) is 3.55. The van der Waals surface area contributed by atoms with E-state index in [1.807, 2.05) is 0 Å². The number of benzene rings is 2. The van der Waals surface area contributed by atoms with Gasteiger partial charge in [-0.3, -0.25) is 0 Å². The smallest absolute Gasteiger partial charge is 0.110 e. The average molecular weight is 264 g/mol. The van der Waals surface area contributed by atoms with Crippen LogP contribution in [0.5, 0.6) is 0 Å². The van der Waals surface area contributed by atoms with Crippen LogP contribution in [0.3, 0.4) is 0 Å². The van der Waals surface area contributed by atoms with Crippen LogP contribution in [0.1, 0.15) is 37.7 Å². The standard InChI is InChI=1S/C18H20N2/c1-3-9-18-19-16-12-7-8-13-17(16)20(18)14(2)15-10-5-4-6-11-15/h4-8,10-14H,3,9H2,1-2H3. The number of aryl methyl sites for hydroxylation is 1. The summed E-state index contributed by atoms with van der Waals surface area (Å²) in [6.45, 7) is 4.46. The van der Waals surface area contributed by atoms with E-state index in [0.29, 0.717) is 6.04 Å². The van der Waals surface area contributed by atoms with Gasteiger partial charge in [0.2, 0.25) is 0 Å². The highest BCUT2D eigenvalue weighted by atomic mass is 15.1. The Hall–Kier alpha value is -2.09. The van der Waals surface area contributed by atoms with E-state index in [1.54, 1.807) is 0 Å². The van der Waals surface area contributed by atoms with E-state index in [2.05, 4.69) is 73.0 Å². The third-order valence-electron chi connectivity index (χ3n) is 3.81. The molecule has 1 atom stereocenters. The minimum absolute atomic E-state index is 0.310. The summed E-state index contributed by atoms with van der Waals surface area (Å²) in [5, 5.41) is 0. The zero-order valence-corrected chi connectivity index (χ0v) is 12.1. The molecule has 2 aromatic carbocycles. The van der Waals surface area contributed by atoms with Gasteiger partial charge in [-0.2, -0.15) is 0 Å². The topological polar surface area (TPSA) is 17.8 Å². The fourth-order valence-corrected chi connectivity index (χ4v) is 2.81. The molecule has 0 spiro atoms.